The average Bonchev–Trinajstić information content (AvgIpc) is 2.82. The number of carbonyl (C=O) groups is 1. The summed E-state index contributed by atoms with van der Waals surface area (Å²) < 4.78 is 0. The van der Waals surface area contributed by atoms with Gasteiger partial charge in [-0.3, -0.25) is 4.79 Å². The molecule has 1 saturated heterocycles. The van der Waals surface area contributed by atoms with E-state index in [-0.39, 0.29) is 11.9 Å². The molecule has 2 aromatic carbocycles. The van der Waals surface area contributed by atoms with Crippen LogP contribution in [0.15, 0.2) is 42.5 Å². The Labute approximate surface area is 125 Å². The molecule has 1 N–H and O–H groups in total. The van der Waals surface area contributed by atoms with E-state index in [1.54, 1.807) is 0 Å². The van der Waals surface area contributed by atoms with Crippen molar-refractivity contribution in [2.24, 2.45) is 5.92 Å². The van der Waals surface area contributed by atoms with Gasteiger partial charge in [0.05, 0.1) is 0 Å². The number of amides is 1. The molecule has 1 amide bonds. The second-order valence-corrected chi connectivity index (χ2v) is 6.06. The van der Waals surface area contributed by atoms with Crippen LogP contribution in [-0.2, 0) is 4.79 Å². The van der Waals surface area contributed by atoms with Crippen LogP contribution >= 0.6 is 0 Å². The highest BCUT2D eigenvalue weighted by molar-refractivity contribution is 5.83. The zero-order valence-corrected chi connectivity index (χ0v) is 12.7. The van der Waals surface area contributed by atoms with E-state index < -0.39 is 0 Å². The Morgan fingerprint density at radius 2 is 2.00 bits per heavy atom. The Kier molecular flexibility index (Phi) is 3.93. The van der Waals surface area contributed by atoms with Crippen molar-refractivity contribution >= 4 is 16.7 Å². The van der Waals surface area contributed by atoms with Crippen LogP contribution in [0, 0.1) is 5.92 Å². The van der Waals surface area contributed by atoms with Crippen molar-refractivity contribution < 1.29 is 4.79 Å². The minimum atomic E-state index is 0.184. The molecule has 110 valence electrons. The zero-order valence-electron chi connectivity index (χ0n) is 12.7. The van der Waals surface area contributed by atoms with Crippen LogP contribution in [0.5, 0.6) is 0 Å². The van der Waals surface area contributed by atoms with Crippen molar-refractivity contribution in [1.29, 1.82) is 0 Å². The smallest absolute Gasteiger partial charge is 0.222 e. The lowest BCUT2D eigenvalue weighted by Gasteiger charge is -2.24. The van der Waals surface area contributed by atoms with Crippen LogP contribution in [0.2, 0.25) is 0 Å². The van der Waals surface area contributed by atoms with E-state index in [4.69, 9.17) is 0 Å². The molecule has 0 saturated carbocycles. The first-order valence-electron chi connectivity index (χ1n) is 7.61. The molecule has 2 aromatic rings. The standard InChI is InChI=1S/C18H22N2O/c1-13-9-18(21)20(11-13)12-17(19-2)16-8-7-14-5-3-4-6-15(14)10-16/h3-8,10,13,17,19H,9,11-12H2,1-2H3. The number of hydrogen-bond acceptors (Lipinski definition) is 2. The SMILES string of the molecule is CNC(CN1CC(C)CC1=O)c1ccc2ccccc2c1. The normalized spacial score (nSPS) is 20.2. The lowest BCUT2D eigenvalue weighted by Crippen LogP contribution is -2.34. The van der Waals surface area contributed by atoms with Crippen LogP contribution in [0.25, 0.3) is 10.8 Å². The number of likely N-dealkylation sites (tertiary alicyclic amines) is 1. The minimum absolute atomic E-state index is 0.184. The Bertz CT molecular complexity index is 652. The quantitative estimate of drug-likeness (QED) is 0.935. The van der Waals surface area contributed by atoms with E-state index in [0.717, 1.165) is 13.1 Å². The van der Waals surface area contributed by atoms with E-state index in [0.29, 0.717) is 12.3 Å². The summed E-state index contributed by atoms with van der Waals surface area (Å²) >= 11 is 0. The van der Waals surface area contributed by atoms with Gasteiger partial charge >= 0.3 is 0 Å². The fourth-order valence-electron chi connectivity index (χ4n) is 3.15. The monoisotopic (exact) mass is 282 g/mol. The van der Waals surface area contributed by atoms with Gasteiger partial charge in [-0.2, -0.15) is 0 Å². The number of hydrogen-bond donors (Lipinski definition) is 1. The molecule has 1 aliphatic heterocycles. The Balaban J connectivity index is 1.82. The third-order valence-electron chi connectivity index (χ3n) is 4.34. The predicted octanol–water partition coefficient (Wildman–Crippen LogP) is 2.97. The first-order valence-corrected chi connectivity index (χ1v) is 7.61. The van der Waals surface area contributed by atoms with Crippen molar-refractivity contribution in [1.82, 2.24) is 10.2 Å². The maximum atomic E-state index is 12.0. The number of carbonyl (C=O) groups excluding carboxylic acids is 1. The van der Waals surface area contributed by atoms with Crippen molar-refractivity contribution in [3.8, 4) is 0 Å². The molecule has 0 aliphatic carbocycles. The van der Waals surface area contributed by atoms with E-state index in [9.17, 15) is 4.79 Å². The van der Waals surface area contributed by atoms with Crippen LogP contribution in [0.1, 0.15) is 24.9 Å². The van der Waals surface area contributed by atoms with Gasteiger partial charge in [-0.25, -0.2) is 0 Å². The number of rotatable bonds is 4. The van der Waals surface area contributed by atoms with E-state index in [2.05, 4.69) is 54.7 Å². The van der Waals surface area contributed by atoms with Gasteiger partial charge in [0, 0.05) is 25.6 Å². The minimum Gasteiger partial charge on any atom is -0.340 e. The van der Waals surface area contributed by atoms with Crippen LogP contribution in [0.4, 0.5) is 0 Å². The largest absolute Gasteiger partial charge is 0.340 e. The van der Waals surface area contributed by atoms with Gasteiger partial charge in [0.1, 0.15) is 0 Å². The summed E-state index contributed by atoms with van der Waals surface area (Å²) in [5.74, 6) is 0.759. The van der Waals surface area contributed by atoms with Crippen molar-refractivity contribution in [2.75, 3.05) is 20.1 Å². The zero-order chi connectivity index (χ0) is 14.8. The first-order chi connectivity index (χ1) is 10.2. The second kappa shape index (κ2) is 5.86. The Morgan fingerprint density at radius 3 is 2.67 bits per heavy atom. The molecular formula is C18H22N2O. The maximum Gasteiger partial charge on any atom is 0.222 e. The summed E-state index contributed by atoms with van der Waals surface area (Å²) in [6, 6.07) is 15.1. The molecular weight excluding hydrogens is 260 g/mol. The van der Waals surface area contributed by atoms with Crippen LogP contribution in [-0.4, -0.2) is 30.9 Å². The van der Waals surface area contributed by atoms with Crippen molar-refractivity contribution in [3.63, 3.8) is 0 Å². The maximum absolute atomic E-state index is 12.0. The summed E-state index contributed by atoms with van der Waals surface area (Å²) in [7, 11) is 1.96. The lowest BCUT2D eigenvalue weighted by atomic mass is 10.0. The van der Waals surface area contributed by atoms with Crippen LogP contribution in [0.3, 0.4) is 0 Å². The summed E-state index contributed by atoms with van der Waals surface area (Å²) in [5, 5.41) is 5.85. The highest BCUT2D eigenvalue weighted by Crippen LogP contribution is 2.24. The second-order valence-electron chi connectivity index (χ2n) is 6.06. The molecule has 21 heavy (non-hydrogen) atoms. The van der Waals surface area contributed by atoms with Gasteiger partial charge in [0.2, 0.25) is 5.91 Å². The molecule has 3 heteroatoms. The Morgan fingerprint density at radius 1 is 1.24 bits per heavy atom. The van der Waals surface area contributed by atoms with Crippen molar-refractivity contribution in [3.05, 3.63) is 48.0 Å². The highest BCUT2D eigenvalue weighted by atomic mass is 16.2. The predicted molar refractivity (Wildman–Crippen MR) is 86.1 cm³/mol. The van der Waals surface area contributed by atoms with E-state index in [1.807, 2.05) is 11.9 Å². The number of benzene rings is 2. The molecule has 0 aromatic heterocycles. The molecule has 0 spiro atoms. The molecule has 1 heterocycles. The summed E-state index contributed by atoms with van der Waals surface area (Å²) in [6.07, 6.45) is 0.689. The summed E-state index contributed by atoms with van der Waals surface area (Å²) in [5.41, 5.74) is 1.24. The van der Waals surface area contributed by atoms with Gasteiger partial charge in [-0.1, -0.05) is 43.3 Å². The molecule has 2 unspecified atom stereocenters. The third kappa shape index (κ3) is 2.93. The third-order valence-corrected chi connectivity index (χ3v) is 4.34. The van der Waals surface area contributed by atoms with E-state index >= 15 is 0 Å². The highest BCUT2D eigenvalue weighted by Gasteiger charge is 2.28. The summed E-state index contributed by atoms with van der Waals surface area (Å²) in [6.45, 7) is 3.77. The lowest BCUT2D eigenvalue weighted by molar-refractivity contribution is -0.128. The topological polar surface area (TPSA) is 32.3 Å². The molecule has 2 atom stereocenters. The fraction of sp³-hybridized carbons (Fsp3) is 0.389. The van der Waals surface area contributed by atoms with E-state index in [1.165, 1.54) is 16.3 Å². The van der Waals surface area contributed by atoms with Gasteiger partial charge in [0.15, 0.2) is 0 Å². The number of nitrogens with zero attached hydrogens (tertiary/aromatic N) is 1. The van der Waals surface area contributed by atoms with Crippen molar-refractivity contribution in [2.45, 2.75) is 19.4 Å². The summed E-state index contributed by atoms with van der Waals surface area (Å²) in [4.78, 5) is 14.0. The fourth-order valence-corrected chi connectivity index (χ4v) is 3.15. The molecule has 3 nitrogen and oxygen atoms in total. The first kappa shape index (κ1) is 14.1. The molecule has 0 bridgehead atoms. The Hall–Kier alpha value is -1.87. The molecule has 1 aliphatic rings. The average molecular weight is 282 g/mol. The van der Waals surface area contributed by atoms with Gasteiger partial charge in [-0.05, 0) is 35.4 Å². The number of nitrogens with one attached hydrogen (secondary N) is 1. The van der Waals surface area contributed by atoms with Gasteiger partial charge in [-0.15, -0.1) is 0 Å². The number of fused-ring (bicyclic) bond motifs is 1. The molecule has 3 rings (SSSR count). The van der Waals surface area contributed by atoms with Gasteiger partial charge < -0.3 is 10.2 Å². The molecule has 1 fully saturated rings. The number of likely N-dealkylation sites (N-methyl/N-ethyl adjacent to an activating group) is 1. The molecule has 0 radical (unpaired) electrons. The van der Waals surface area contributed by atoms with Gasteiger partial charge in [0.25, 0.3) is 0 Å². The van der Waals surface area contributed by atoms with Crippen LogP contribution < -0.4 is 5.32 Å².